The van der Waals surface area contributed by atoms with Crippen molar-refractivity contribution in [1.82, 2.24) is 20.3 Å². The molecule has 84 valence electrons. The Kier molecular flexibility index (Phi) is 4.72. The minimum atomic E-state index is -0.230. The van der Waals surface area contributed by atoms with E-state index in [4.69, 9.17) is 11.5 Å². The molecule has 0 saturated carbocycles. The van der Waals surface area contributed by atoms with Crippen LogP contribution in [0.2, 0.25) is 0 Å². The highest BCUT2D eigenvalue weighted by atomic mass is 16.2. The maximum absolute atomic E-state index is 11.4. The number of nitrogens with zero attached hydrogens (tertiary/aromatic N) is 3. The van der Waals surface area contributed by atoms with E-state index in [9.17, 15) is 4.79 Å². The van der Waals surface area contributed by atoms with E-state index in [2.05, 4.69) is 15.6 Å². The van der Waals surface area contributed by atoms with Gasteiger partial charge < -0.3 is 16.8 Å². The van der Waals surface area contributed by atoms with Crippen LogP contribution in [-0.2, 0) is 6.54 Å². The normalized spacial score (nSPS) is 10.3. The average molecular weight is 212 g/mol. The van der Waals surface area contributed by atoms with Crippen LogP contribution in [0.1, 0.15) is 16.9 Å². The van der Waals surface area contributed by atoms with Gasteiger partial charge in [0.05, 0.1) is 12.7 Å². The number of carbonyl (C=O) groups is 1. The lowest BCUT2D eigenvalue weighted by Gasteiger charge is -1.99. The molecule has 1 amide bonds. The average Bonchev–Trinajstić information content (AvgIpc) is 2.67. The molecule has 1 aromatic heterocycles. The van der Waals surface area contributed by atoms with Gasteiger partial charge in [-0.1, -0.05) is 5.21 Å². The first-order valence-corrected chi connectivity index (χ1v) is 4.86. The fourth-order valence-corrected chi connectivity index (χ4v) is 1.04. The number of rotatable bonds is 6. The molecule has 15 heavy (non-hydrogen) atoms. The first-order chi connectivity index (χ1) is 7.27. The van der Waals surface area contributed by atoms with Gasteiger partial charge in [-0.25, -0.2) is 0 Å². The van der Waals surface area contributed by atoms with E-state index < -0.39 is 0 Å². The number of nitrogens with two attached hydrogens (primary N) is 2. The maximum Gasteiger partial charge on any atom is 0.273 e. The molecule has 5 N–H and O–H groups in total. The van der Waals surface area contributed by atoms with E-state index in [1.165, 1.54) is 4.68 Å². The smallest absolute Gasteiger partial charge is 0.273 e. The number of aromatic nitrogens is 3. The maximum atomic E-state index is 11.4. The fraction of sp³-hybridized carbons (Fsp3) is 0.625. The van der Waals surface area contributed by atoms with Crippen LogP contribution in [0.15, 0.2) is 6.20 Å². The van der Waals surface area contributed by atoms with Gasteiger partial charge in [-0.3, -0.25) is 9.48 Å². The molecule has 0 atom stereocenters. The Morgan fingerprint density at radius 1 is 1.47 bits per heavy atom. The second-order valence-corrected chi connectivity index (χ2v) is 3.05. The highest BCUT2D eigenvalue weighted by molar-refractivity contribution is 5.91. The first kappa shape index (κ1) is 11.6. The molecule has 0 bridgehead atoms. The van der Waals surface area contributed by atoms with Crippen LogP contribution in [0.5, 0.6) is 0 Å². The summed E-state index contributed by atoms with van der Waals surface area (Å²) in [5.41, 5.74) is 10.9. The SMILES string of the molecule is NCCCNC(=O)c1cn(CCN)nn1. The lowest BCUT2D eigenvalue weighted by Crippen LogP contribution is -2.26. The van der Waals surface area contributed by atoms with E-state index in [1.807, 2.05) is 0 Å². The van der Waals surface area contributed by atoms with Gasteiger partial charge >= 0.3 is 0 Å². The third kappa shape index (κ3) is 3.64. The molecular formula is C8H16N6O. The molecule has 1 rings (SSSR count). The topological polar surface area (TPSA) is 112 Å². The second kappa shape index (κ2) is 6.10. The molecule has 7 heteroatoms. The van der Waals surface area contributed by atoms with Crippen molar-refractivity contribution in [1.29, 1.82) is 0 Å². The first-order valence-electron chi connectivity index (χ1n) is 4.86. The van der Waals surface area contributed by atoms with E-state index in [0.717, 1.165) is 6.42 Å². The van der Waals surface area contributed by atoms with Crippen LogP contribution >= 0.6 is 0 Å². The van der Waals surface area contributed by atoms with Gasteiger partial charge in [0.25, 0.3) is 5.91 Å². The van der Waals surface area contributed by atoms with E-state index >= 15 is 0 Å². The minimum Gasteiger partial charge on any atom is -0.351 e. The molecule has 0 unspecified atom stereocenters. The molecule has 0 aromatic carbocycles. The predicted molar refractivity (Wildman–Crippen MR) is 55.1 cm³/mol. The summed E-state index contributed by atoms with van der Waals surface area (Å²) in [5, 5.41) is 10.2. The van der Waals surface area contributed by atoms with E-state index in [1.54, 1.807) is 6.20 Å². The van der Waals surface area contributed by atoms with Crippen molar-refractivity contribution in [3.8, 4) is 0 Å². The molecule has 1 heterocycles. The van der Waals surface area contributed by atoms with Crippen LogP contribution in [0.4, 0.5) is 0 Å². The van der Waals surface area contributed by atoms with Gasteiger partial charge in [-0.2, -0.15) is 0 Å². The fourth-order valence-electron chi connectivity index (χ4n) is 1.04. The van der Waals surface area contributed by atoms with Gasteiger partial charge in [0, 0.05) is 13.1 Å². The van der Waals surface area contributed by atoms with Crippen molar-refractivity contribution in [2.45, 2.75) is 13.0 Å². The molecule has 0 aliphatic rings. The zero-order valence-corrected chi connectivity index (χ0v) is 8.52. The van der Waals surface area contributed by atoms with E-state index in [0.29, 0.717) is 31.9 Å². The zero-order valence-electron chi connectivity index (χ0n) is 8.52. The second-order valence-electron chi connectivity index (χ2n) is 3.05. The van der Waals surface area contributed by atoms with Crippen molar-refractivity contribution < 1.29 is 4.79 Å². The van der Waals surface area contributed by atoms with Crippen LogP contribution in [0.25, 0.3) is 0 Å². The Bertz CT molecular complexity index is 310. The quantitative estimate of drug-likeness (QED) is 0.487. The molecule has 0 aliphatic carbocycles. The molecule has 7 nitrogen and oxygen atoms in total. The lowest BCUT2D eigenvalue weighted by molar-refractivity contribution is 0.0948. The standard InChI is InChI=1S/C8H16N6O/c9-2-1-4-11-8(15)7-6-14(5-3-10)13-12-7/h6H,1-5,9-10H2,(H,11,15). The summed E-state index contributed by atoms with van der Waals surface area (Å²) in [6.45, 7) is 2.14. The van der Waals surface area contributed by atoms with Crippen molar-refractivity contribution in [3.05, 3.63) is 11.9 Å². The number of hydrogen-bond donors (Lipinski definition) is 3. The molecule has 0 radical (unpaired) electrons. The van der Waals surface area contributed by atoms with Crippen LogP contribution in [0, 0.1) is 0 Å². The molecule has 1 aromatic rings. The summed E-state index contributed by atoms with van der Waals surface area (Å²) < 4.78 is 1.54. The zero-order chi connectivity index (χ0) is 11.1. The summed E-state index contributed by atoms with van der Waals surface area (Å²) in [7, 11) is 0. The lowest BCUT2D eigenvalue weighted by atomic mass is 10.4. The van der Waals surface area contributed by atoms with Gasteiger partial charge in [-0.05, 0) is 13.0 Å². The Labute approximate surface area is 87.8 Å². The molecule has 0 saturated heterocycles. The third-order valence-corrected chi connectivity index (χ3v) is 1.80. The molecular weight excluding hydrogens is 196 g/mol. The number of hydrogen-bond acceptors (Lipinski definition) is 5. The summed E-state index contributed by atoms with van der Waals surface area (Å²) in [6, 6.07) is 0. The van der Waals surface area contributed by atoms with Gasteiger partial charge in [0.2, 0.25) is 0 Å². The minimum absolute atomic E-state index is 0.230. The van der Waals surface area contributed by atoms with Crippen molar-refractivity contribution >= 4 is 5.91 Å². The summed E-state index contributed by atoms with van der Waals surface area (Å²) >= 11 is 0. The molecule has 0 spiro atoms. The van der Waals surface area contributed by atoms with Crippen LogP contribution in [-0.4, -0.2) is 40.5 Å². The van der Waals surface area contributed by atoms with Crippen LogP contribution in [0.3, 0.4) is 0 Å². The number of amides is 1. The van der Waals surface area contributed by atoms with Gasteiger partial charge in [-0.15, -0.1) is 5.10 Å². The van der Waals surface area contributed by atoms with Gasteiger partial charge in [0.15, 0.2) is 5.69 Å². The monoisotopic (exact) mass is 212 g/mol. The van der Waals surface area contributed by atoms with Crippen LogP contribution < -0.4 is 16.8 Å². The Morgan fingerprint density at radius 3 is 2.93 bits per heavy atom. The number of nitrogens with one attached hydrogen (secondary N) is 1. The Morgan fingerprint density at radius 2 is 2.27 bits per heavy atom. The number of carbonyl (C=O) groups excluding carboxylic acids is 1. The summed E-state index contributed by atoms with van der Waals surface area (Å²) in [4.78, 5) is 11.4. The Balaban J connectivity index is 2.43. The third-order valence-electron chi connectivity index (χ3n) is 1.80. The van der Waals surface area contributed by atoms with Crippen molar-refractivity contribution in [2.75, 3.05) is 19.6 Å². The van der Waals surface area contributed by atoms with Gasteiger partial charge in [0.1, 0.15) is 0 Å². The van der Waals surface area contributed by atoms with Crippen molar-refractivity contribution in [2.24, 2.45) is 11.5 Å². The molecule has 0 aliphatic heterocycles. The largest absolute Gasteiger partial charge is 0.351 e. The molecule has 0 fully saturated rings. The van der Waals surface area contributed by atoms with E-state index in [-0.39, 0.29) is 5.91 Å². The predicted octanol–water partition coefficient (Wildman–Crippen LogP) is -1.68. The van der Waals surface area contributed by atoms with Crippen molar-refractivity contribution in [3.63, 3.8) is 0 Å². The summed E-state index contributed by atoms with van der Waals surface area (Å²) in [5.74, 6) is -0.230. The Hall–Kier alpha value is -1.47. The highest BCUT2D eigenvalue weighted by Crippen LogP contribution is 1.92. The summed E-state index contributed by atoms with van der Waals surface area (Å²) in [6.07, 6.45) is 2.33. The highest BCUT2D eigenvalue weighted by Gasteiger charge is 2.09.